The van der Waals surface area contributed by atoms with Gasteiger partial charge in [0.25, 0.3) is 5.91 Å². The van der Waals surface area contributed by atoms with E-state index in [1.807, 2.05) is 24.3 Å². The molecule has 0 atom stereocenters. The number of aromatic amines is 1. The minimum absolute atomic E-state index is 0.179. The molecule has 0 aliphatic rings. The summed E-state index contributed by atoms with van der Waals surface area (Å²) in [5.41, 5.74) is 0.768. The van der Waals surface area contributed by atoms with E-state index in [9.17, 15) is 4.79 Å². The molecule has 0 aliphatic carbocycles. The standard InChI is InChI=1S/C12H13IN4O/c1-2-5-10-15-11(17-16-10)12(18)14-9-7-4-3-6-8(9)13/h3-4,6-7H,2,5H2,1H3,(H,14,18)(H,15,16,17). The Morgan fingerprint density at radius 2 is 2.22 bits per heavy atom. The van der Waals surface area contributed by atoms with Gasteiger partial charge < -0.3 is 5.32 Å². The number of hydrogen-bond acceptors (Lipinski definition) is 3. The number of H-pyrrole nitrogens is 1. The average molecular weight is 356 g/mol. The largest absolute Gasteiger partial charge is 0.318 e. The normalized spacial score (nSPS) is 10.3. The van der Waals surface area contributed by atoms with Crippen molar-refractivity contribution in [1.29, 1.82) is 0 Å². The first-order valence-electron chi connectivity index (χ1n) is 5.68. The van der Waals surface area contributed by atoms with Gasteiger partial charge in [-0.3, -0.25) is 9.89 Å². The highest BCUT2D eigenvalue weighted by atomic mass is 127. The van der Waals surface area contributed by atoms with E-state index >= 15 is 0 Å². The molecule has 18 heavy (non-hydrogen) atoms. The van der Waals surface area contributed by atoms with Crippen molar-refractivity contribution in [3.8, 4) is 0 Å². The quantitative estimate of drug-likeness (QED) is 0.828. The van der Waals surface area contributed by atoms with E-state index in [-0.39, 0.29) is 11.7 Å². The smallest absolute Gasteiger partial charge is 0.295 e. The molecule has 0 bridgehead atoms. The molecule has 0 radical (unpaired) electrons. The Balaban J connectivity index is 2.10. The monoisotopic (exact) mass is 356 g/mol. The number of nitrogens with one attached hydrogen (secondary N) is 2. The number of rotatable bonds is 4. The van der Waals surface area contributed by atoms with Crippen molar-refractivity contribution in [2.24, 2.45) is 0 Å². The number of para-hydroxylation sites is 1. The number of hydrogen-bond donors (Lipinski definition) is 2. The predicted molar refractivity (Wildman–Crippen MR) is 77.5 cm³/mol. The van der Waals surface area contributed by atoms with Gasteiger partial charge in [0.05, 0.1) is 5.69 Å². The SMILES string of the molecule is CCCc1nc(C(=O)Nc2ccccc2I)n[nH]1. The molecule has 0 unspecified atom stereocenters. The van der Waals surface area contributed by atoms with Crippen LogP contribution in [0.25, 0.3) is 0 Å². The molecule has 0 saturated heterocycles. The second kappa shape index (κ2) is 5.94. The molecule has 2 N–H and O–H groups in total. The van der Waals surface area contributed by atoms with Crippen molar-refractivity contribution in [1.82, 2.24) is 15.2 Å². The molecule has 1 amide bonds. The number of aryl methyl sites for hydroxylation is 1. The lowest BCUT2D eigenvalue weighted by Gasteiger charge is -2.04. The average Bonchev–Trinajstić information content (AvgIpc) is 2.81. The molecule has 0 saturated carbocycles. The van der Waals surface area contributed by atoms with E-state index in [4.69, 9.17) is 0 Å². The van der Waals surface area contributed by atoms with Crippen LogP contribution >= 0.6 is 22.6 Å². The van der Waals surface area contributed by atoms with Crippen LogP contribution in [0.1, 0.15) is 29.8 Å². The summed E-state index contributed by atoms with van der Waals surface area (Å²) in [4.78, 5) is 16.1. The van der Waals surface area contributed by atoms with Crippen molar-refractivity contribution in [2.75, 3.05) is 5.32 Å². The van der Waals surface area contributed by atoms with Crippen LogP contribution in [0.15, 0.2) is 24.3 Å². The Kier molecular flexibility index (Phi) is 4.29. The van der Waals surface area contributed by atoms with Gasteiger partial charge in [-0.25, -0.2) is 4.98 Å². The summed E-state index contributed by atoms with van der Waals surface area (Å²) in [5, 5.41) is 9.46. The van der Waals surface area contributed by atoms with Gasteiger partial charge in [-0.1, -0.05) is 19.1 Å². The molecule has 1 heterocycles. The first-order chi connectivity index (χ1) is 8.70. The lowest BCUT2D eigenvalue weighted by Crippen LogP contribution is -2.14. The van der Waals surface area contributed by atoms with E-state index in [2.05, 4.69) is 50.0 Å². The van der Waals surface area contributed by atoms with Gasteiger partial charge in [0.2, 0.25) is 5.82 Å². The summed E-state index contributed by atoms with van der Waals surface area (Å²) in [7, 11) is 0. The molecule has 2 aromatic rings. The Morgan fingerprint density at radius 1 is 1.44 bits per heavy atom. The van der Waals surface area contributed by atoms with Crippen molar-refractivity contribution in [3.05, 3.63) is 39.5 Å². The minimum Gasteiger partial charge on any atom is -0.318 e. The number of carbonyl (C=O) groups excluding carboxylic acids is 1. The third-order valence-corrected chi connectivity index (χ3v) is 3.28. The molecule has 1 aromatic heterocycles. The molecule has 94 valence electrons. The lowest BCUT2D eigenvalue weighted by molar-refractivity contribution is 0.101. The van der Waals surface area contributed by atoms with E-state index < -0.39 is 0 Å². The van der Waals surface area contributed by atoms with Crippen molar-refractivity contribution in [3.63, 3.8) is 0 Å². The van der Waals surface area contributed by atoms with Crippen LogP contribution in [-0.4, -0.2) is 21.1 Å². The third kappa shape index (κ3) is 3.06. The van der Waals surface area contributed by atoms with E-state index in [0.717, 1.165) is 27.9 Å². The van der Waals surface area contributed by atoms with E-state index in [1.165, 1.54) is 0 Å². The number of carbonyl (C=O) groups is 1. The van der Waals surface area contributed by atoms with Crippen LogP contribution < -0.4 is 5.32 Å². The first kappa shape index (κ1) is 13.0. The van der Waals surface area contributed by atoms with Gasteiger partial charge in [0.1, 0.15) is 5.82 Å². The molecule has 0 spiro atoms. The van der Waals surface area contributed by atoms with Crippen LogP contribution in [0.4, 0.5) is 5.69 Å². The van der Waals surface area contributed by atoms with E-state index in [0.29, 0.717) is 0 Å². The molecule has 0 fully saturated rings. The van der Waals surface area contributed by atoms with Crippen molar-refractivity contribution < 1.29 is 4.79 Å². The zero-order chi connectivity index (χ0) is 13.0. The molecule has 5 nitrogen and oxygen atoms in total. The van der Waals surface area contributed by atoms with Gasteiger partial charge in [-0.05, 0) is 41.1 Å². The van der Waals surface area contributed by atoms with Crippen LogP contribution in [0.5, 0.6) is 0 Å². The fraction of sp³-hybridized carbons (Fsp3) is 0.250. The van der Waals surface area contributed by atoms with Gasteiger partial charge in [-0.2, -0.15) is 0 Å². The van der Waals surface area contributed by atoms with Crippen LogP contribution in [-0.2, 0) is 6.42 Å². The van der Waals surface area contributed by atoms with E-state index in [1.54, 1.807) is 0 Å². The fourth-order valence-corrected chi connectivity index (χ4v) is 2.01. The van der Waals surface area contributed by atoms with Gasteiger partial charge in [0.15, 0.2) is 0 Å². The second-order valence-corrected chi connectivity index (χ2v) is 4.95. The Labute approximate surface area is 119 Å². The Hall–Kier alpha value is -1.44. The summed E-state index contributed by atoms with van der Waals surface area (Å²) in [6.45, 7) is 2.05. The molecular weight excluding hydrogens is 343 g/mol. The Bertz CT molecular complexity index is 553. The minimum atomic E-state index is -0.294. The number of amides is 1. The fourth-order valence-electron chi connectivity index (χ4n) is 1.49. The second-order valence-electron chi connectivity index (χ2n) is 3.79. The van der Waals surface area contributed by atoms with Crippen molar-refractivity contribution >= 4 is 34.2 Å². The van der Waals surface area contributed by atoms with Crippen LogP contribution in [0.3, 0.4) is 0 Å². The predicted octanol–water partition coefficient (Wildman–Crippen LogP) is 2.61. The van der Waals surface area contributed by atoms with Gasteiger partial charge >= 0.3 is 0 Å². The number of anilines is 1. The third-order valence-electron chi connectivity index (χ3n) is 2.34. The lowest BCUT2D eigenvalue weighted by atomic mass is 10.3. The summed E-state index contributed by atoms with van der Waals surface area (Å²) in [6, 6.07) is 7.57. The number of halogens is 1. The van der Waals surface area contributed by atoms with Crippen LogP contribution in [0.2, 0.25) is 0 Å². The highest BCUT2D eigenvalue weighted by Crippen LogP contribution is 2.17. The molecule has 2 rings (SSSR count). The number of benzene rings is 1. The summed E-state index contributed by atoms with van der Waals surface area (Å²) >= 11 is 2.17. The topological polar surface area (TPSA) is 70.7 Å². The highest BCUT2D eigenvalue weighted by Gasteiger charge is 2.13. The zero-order valence-corrected chi connectivity index (χ0v) is 12.1. The molecule has 0 aliphatic heterocycles. The first-order valence-corrected chi connectivity index (χ1v) is 6.75. The van der Waals surface area contributed by atoms with Crippen LogP contribution in [0, 0.1) is 3.57 Å². The molecular formula is C12H13IN4O. The maximum absolute atomic E-state index is 11.9. The maximum atomic E-state index is 11.9. The van der Waals surface area contributed by atoms with Crippen molar-refractivity contribution in [2.45, 2.75) is 19.8 Å². The van der Waals surface area contributed by atoms with Gasteiger partial charge in [-0.15, -0.1) is 5.10 Å². The highest BCUT2D eigenvalue weighted by molar-refractivity contribution is 14.1. The molecule has 6 heteroatoms. The number of aromatic nitrogens is 3. The zero-order valence-electron chi connectivity index (χ0n) is 9.90. The Morgan fingerprint density at radius 3 is 2.94 bits per heavy atom. The molecule has 1 aromatic carbocycles. The number of nitrogens with zero attached hydrogens (tertiary/aromatic N) is 2. The maximum Gasteiger partial charge on any atom is 0.295 e. The van der Waals surface area contributed by atoms with Gasteiger partial charge in [0, 0.05) is 9.99 Å². The summed E-state index contributed by atoms with van der Waals surface area (Å²) in [6.07, 6.45) is 1.76. The summed E-state index contributed by atoms with van der Waals surface area (Å²) in [5.74, 6) is 0.626. The summed E-state index contributed by atoms with van der Waals surface area (Å²) < 4.78 is 0.979.